The van der Waals surface area contributed by atoms with Crippen molar-refractivity contribution in [1.82, 2.24) is 4.98 Å². The molecule has 0 radical (unpaired) electrons. The van der Waals surface area contributed by atoms with Crippen LogP contribution >= 0.6 is 0 Å². The van der Waals surface area contributed by atoms with Crippen molar-refractivity contribution in [3.05, 3.63) is 82.2 Å². The van der Waals surface area contributed by atoms with Gasteiger partial charge in [0.15, 0.2) is 0 Å². The lowest BCUT2D eigenvalue weighted by molar-refractivity contribution is 0.561. The monoisotopic (exact) mass is 327 g/mol. The number of benzene rings is 1. The van der Waals surface area contributed by atoms with Gasteiger partial charge >= 0.3 is 0 Å². The lowest BCUT2D eigenvalue weighted by atomic mass is 9.88. The van der Waals surface area contributed by atoms with E-state index in [2.05, 4.69) is 59.8 Å². The standard InChI is InChI=1S/C24H25N/c1-18-7-5-10-21(17-18)19-8-6-9-20(14-13-19)22-11-3-2-4-12-24-23(22)15-16-25-24/h2,4-5,7,10-11,15-17,19-20,25H,6,8-9,13-14H2,1H3/b23-22+. The van der Waals surface area contributed by atoms with Gasteiger partial charge in [0.2, 0.25) is 0 Å². The highest BCUT2D eigenvalue weighted by molar-refractivity contribution is 5.59. The first-order valence-electron chi connectivity index (χ1n) is 9.43. The molecular formula is C24H25N. The van der Waals surface area contributed by atoms with Gasteiger partial charge in [-0.25, -0.2) is 0 Å². The molecule has 1 fully saturated rings. The van der Waals surface area contributed by atoms with E-state index >= 15 is 0 Å². The van der Waals surface area contributed by atoms with Crippen LogP contribution in [0.4, 0.5) is 0 Å². The molecule has 0 saturated heterocycles. The second kappa shape index (κ2) is 7.19. The van der Waals surface area contributed by atoms with Gasteiger partial charge in [0.25, 0.3) is 0 Å². The molecule has 126 valence electrons. The third-order valence-electron chi connectivity index (χ3n) is 5.63. The zero-order valence-corrected chi connectivity index (χ0v) is 14.9. The Bertz CT molecular complexity index is 975. The summed E-state index contributed by atoms with van der Waals surface area (Å²) in [6.07, 6.45) is 14.5. The van der Waals surface area contributed by atoms with Gasteiger partial charge < -0.3 is 4.98 Å². The van der Waals surface area contributed by atoms with Crippen molar-refractivity contribution in [2.45, 2.75) is 44.9 Å². The number of rotatable bonds is 2. The Morgan fingerprint density at radius 3 is 2.80 bits per heavy atom. The third-order valence-corrected chi connectivity index (χ3v) is 5.63. The number of H-pyrrole nitrogens is 1. The Morgan fingerprint density at radius 2 is 1.88 bits per heavy atom. The van der Waals surface area contributed by atoms with Crippen molar-refractivity contribution >= 4 is 11.3 Å². The smallest absolute Gasteiger partial charge is 0.0890 e. The number of fused-ring (bicyclic) bond motifs is 1. The molecule has 0 aliphatic heterocycles. The van der Waals surface area contributed by atoms with Crippen LogP contribution in [0.3, 0.4) is 0 Å². The summed E-state index contributed by atoms with van der Waals surface area (Å²) < 4.78 is 0. The zero-order chi connectivity index (χ0) is 17.1. The molecule has 2 unspecified atom stereocenters. The van der Waals surface area contributed by atoms with E-state index in [-0.39, 0.29) is 0 Å². The molecule has 2 aromatic rings. The average molecular weight is 327 g/mol. The molecule has 25 heavy (non-hydrogen) atoms. The van der Waals surface area contributed by atoms with E-state index in [1.165, 1.54) is 54.0 Å². The Morgan fingerprint density at radius 1 is 1.00 bits per heavy atom. The molecule has 2 aliphatic rings. The number of aromatic amines is 1. The molecule has 4 rings (SSSR count). The summed E-state index contributed by atoms with van der Waals surface area (Å²) >= 11 is 0. The second-order valence-electron chi connectivity index (χ2n) is 7.33. The predicted octanol–water partition coefficient (Wildman–Crippen LogP) is 4.50. The van der Waals surface area contributed by atoms with Crippen LogP contribution in [-0.4, -0.2) is 4.98 Å². The predicted molar refractivity (Wildman–Crippen MR) is 105 cm³/mol. The van der Waals surface area contributed by atoms with Gasteiger partial charge in [-0.3, -0.25) is 0 Å². The minimum Gasteiger partial charge on any atom is -0.355 e. The van der Waals surface area contributed by atoms with E-state index in [1.807, 2.05) is 18.3 Å². The summed E-state index contributed by atoms with van der Waals surface area (Å²) in [5.41, 5.74) is 11.0. The number of nitrogens with one attached hydrogen (secondary N) is 1. The number of hydrogen-bond donors (Lipinski definition) is 1. The minimum atomic E-state index is 0.616. The van der Waals surface area contributed by atoms with Crippen molar-refractivity contribution in [3.63, 3.8) is 0 Å². The highest BCUT2D eigenvalue weighted by Gasteiger charge is 2.22. The van der Waals surface area contributed by atoms with Gasteiger partial charge in [0, 0.05) is 11.4 Å². The molecule has 0 spiro atoms. The van der Waals surface area contributed by atoms with Gasteiger partial charge in [0.05, 0.1) is 5.35 Å². The van der Waals surface area contributed by atoms with Crippen LogP contribution in [0, 0.1) is 12.8 Å². The summed E-state index contributed by atoms with van der Waals surface area (Å²) in [4.78, 5) is 3.32. The fourth-order valence-electron chi connectivity index (χ4n) is 4.33. The van der Waals surface area contributed by atoms with Crippen LogP contribution in [0.15, 0.2) is 60.5 Å². The first kappa shape index (κ1) is 16.0. The molecule has 1 saturated carbocycles. The first-order valence-corrected chi connectivity index (χ1v) is 9.43. The fourth-order valence-corrected chi connectivity index (χ4v) is 4.33. The largest absolute Gasteiger partial charge is 0.355 e. The Hall–Kier alpha value is -2.46. The molecular weight excluding hydrogens is 302 g/mol. The van der Waals surface area contributed by atoms with Crippen LogP contribution in [0.25, 0.3) is 11.3 Å². The van der Waals surface area contributed by atoms with E-state index < -0.39 is 0 Å². The summed E-state index contributed by atoms with van der Waals surface area (Å²) in [5, 5.41) is 2.40. The second-order valence-corrected chi connectivity index (χ2v) is 7.33. The van der Waals surface area contributed by atoms with Crippen molar-refractivity contribution in [2.24, 2.45) is 5.92 Å². The highest BCUT2D eigenvalue weighted by atomic mass is 14.6. The summed E-state index contributed by atoms with van der Waals surface area (Å²) in [5.74, 6) is 1.32. The SMILES string of the molecule is Cc1cccc(C2CCCC(/C3=c4\cc[nH]c4=C=CC=C=C3)CC2)c1. The van der Waals surface area contributed by atoms with Gasteiger partial charge in [-0.05, 0) is 79.9 Å². The van der Waals surface area contributed by atoms with Crippen LogP contribution in [-0.2, 0) is 0 Å². The minimum absolute atomic E-state index is 0.616. The van der Waals surface area contributed by atoms with Crippen molar-refractivity contribution in [3.8, 4) is 0 Å². The van der Waals surface area contributed by atoms with Crippen molar-refractivity contribution in [1.29, 1.82) is 0 Å². The van der Waals surface area contributed by atoms with Crippen LogP contribution in [0.1, 0.15) is 49.1 Å². The quantitative estimate of drug-likeness (QED) is 0.617. The lowest BCUT2D eigenvalue weighted by Crippen LogP contribution is -2.26. The van der Waals surface area contributed by atoms with E-state index in [0.717, 1.165) is 5.35 Å². The van der Waals surface area contributed by atoms with Gasteiger partial charge in [-0.15, -0.1) is 5.73 Å². The molecule has 0 bridgehead atoms. The van der Waals surface area contributed by atoms with Gasteiger partial charge in [-0.1, -0.05) is 42.0 Å². The number of hydrogen-bond acceptors (Lipinski definition) is 0. The first-order chi connectivity index (χ1) is 12.3. The van der Waals surface area contributed by atoms with Crippen LogP contribution < -0.4 is 10.6 Å². The van der Waals surface area contributed by atoms with E-state index in [4.69, 9.17) is 0 Å². The van der Waals surface area contributed by atoms with Gasteiger partial charge in [0.1, 0.15) is 0 Å². The molecule has 1 aromatic heterocycles. The van der Waals surface area contributed by atoms with Crippen LogP contribution in [0.5, 0.6) is 0 Å². The summed E-state index contributed by atoms with van der Waals surface area (Å²) in [6, 6.07) is 11.3. The summed E-state index contributed by atoms with van der Waals surface area (Å²) in [6.45, 7) is 2.20. The maximum atomic E-state index is 3.33. The van der Waals surface area contributed by atoms with E-state index in [0.29, 0.717) is 11.8 Å². The van der Waals surface area contributed by atoms with E-state index in [9.17, 15) is 0 Å². The molecule has 1 N–H and O–H groups in total. The molecule has 1 aromatic carbocycles. The average Bonchev–Trinajstić information content (AvgIpc) is 2.90. The summed E-state index contributed by atoms with van der Waals surface area (Å²) in [7, 11) is 0. The Kier molecular flexibility index (Phi) is 4.61. The maximum absolute atomic E-state index is 3.33. The third kappa shape index (κ3) is 3.49. The molecule has 0 amide bonds. The topological polar surface area (TPSA) is 15.8 Å². The van der Waals surface area contributed by atoms with Crippen molar-refractivity contribution in [2.75, 3.05) is 0 Å². The normalized spacial score (nSPS) is 24.8. The Balaban J connectivity index is 1.64. The Labute approximate surface area is 149 Å². The number of allylic oxidation sites excluding steroid dienone is 2. The van der Waals surface area contributed by atoms with Gasteiger partial charge in [-0.2, -0.15) is 0 Å². The lowest BCUT2D eigenvalue weighted by Gasteiger charge is -2.17. The van der Waals surface area contributed by atoms with Crippen molar-refractivity contribution < 1.29 is 0 Å². The molecule has 1 heterocycles. The molecule has 2 aliphatic carbocycles. The zero-order valence-electron chi connectivity index (χ0n) is 14.9. The van der Waals surface area contributed by atoms with Crippen LogP contribution in [0.2, 0.25) is 0 Å². The maximum Gasteiger partial charge on any atom is 0.0890 e. The molecule has 2 atom stereocenters. The fraction of sp³-hybridized carbons (Fsp3) is 0.333. The molecule has 1 nitrogen and oxygen atoms in total. The number of aryl methyl sites for hydroxylation is 1. The number of aromatic nitrogens is 1. The van der Waals surface area contributed by atoms with E-state index in [1.54, 1.807) is 0 Å². The highest BCUT2D eigenvalue weighted by Crippen LogP contribution is 2.37. The molecule has 1 heteroatoms.